The molecule has 3 heterocycles. The van der Waals surface area contributed by atoms with E-state index in [1.54, 1.807) is 58.3 Å². The molecule has 5 aromatic rings. The van der Waals surface area contributed by atoms with E-state index in [0.717, 1.165) is 0 Å². The van der Waals surface area contributed by atoms with Crippen LogP contribution in [0.1, 0.15) is 64.8 Å². The van der Waals surface area contributed by atoms with Gasteiger partial charge < -0.3 is 78.5 Å². The number of imidazole rings is 1. The number of hydrogen-bond acceptors (Lipinski definition) is 15. The molecule has 80 heavy (non-hydrogen) atoms. The van der Waals surface area contributed by atoms with Crippen LogP contribution in [0.4, 0.5) is 0 Å². The van der Waals surface area contributed by atoms with Crippen molar-refractivity contribution in [2.45, 2.75) is 134 Å². The lowest BCUT2D eigenvalue weighted by Crippen LogP contribution is -2.62. The van der Waals surface area contributed by atoms with Gasteiger partial charge in [-0.2, -0.15) is 25.3 Å². The number of fused-ring (bicyclic) bond motifs is 2. The third kappa shape index (κ3) is 17.5. The quantitative estimate of drug-likeness (QED) is 0.0246. The van der Waals surface area contributed by atoms with E-state index < -0.39 is 126 Å². The maximum atomic E-state index is 15.1. The van der Waals surface area contributed by atoms with Crippen LogP contribution < -0.4 is 48.3 Å². The number of para-hydroxylation sites is 2. The van der Waals surface area contributed by atoms with Gasteiger partial charge in [-0.3, -0.25) is 38.4 Å². The minimum absolute atomic E-state index is 0.0392. The molecule has 11 atom stereocenters. The first-order valence-corrected chi connectivity index (χ1v) is 27.3. The van der Waals surface area contributed by atoms with Crippen molar-refractivity contribution in [1.29, 1.82) is 0 Å². The summed E-state index contributed by atoms with van der Waals surface area (Å²) in [6, 6.07) is 1.57. The number of nitrogens with one attached hydrogen (secondary N) is 11. The molecule has 2 aromatic carbocycles. The molecule has 25 nitrogen and oxygen atoms in total. The van der Waals surface area contributed by atoms with Crippen molar-refractivity contribution in [3.8, 4) is 0 Å². The van der Waals surface area contributed by atoms with Crippen LogP contribution >= 0.6 is 25.3 Å². The Bertz CT molecular complexity index is 2950. The molecule has 0 spiro atoms. The molecule has 5 rings (SSSR count). The molecule has 3 aromatic heterocycles. The zero-order valence-electron chi connectivity index (χ0n) is 45.1. The molecule has 0 aliphatic heterocycles. The van der Waals surface area contributed by atoms with Crippen LogP contribution in [-0.2, 0) is 62.4 Å². The summed E-state index contributed by atoms with van der Waals surface area (Å²) in [5.74, 6) is -9.68. The van der Waals surface area contributed by atoms with Crippen LogP contribution in [0.3, 0.4) is 0 Å². The number of rotatable bonds is 30. The molecule has 0 saturated heterocycles. The largest absolute Gasteiger partial charge is 0.480 e. The van der Waals surface area contributed by atoms with E-state index >= 15 is 4.79 Å². The summed E-state index contributed by atoms with van der Waals surface area (Å²) in [5, 5.41) is 52.7. The molecule has 0 radical (unpaired) electrons. The van der Waals surface area contributed by atoms with Crippen LogP contribution in [-0.4, -0.2) is 167 Å². The highest BCUT2D eigenvalue weighted by molar-refractivity contribution is 7.80. The van der Waals surface area contributed by atoms with Gasteiger partial charge in [0.1, 0.15) is 48.3 Å². The molecule has 0 aliphatic rings. The number of H-pyrrole nitrogens is 3. The van der Waals surface area contributed by atoms with E-state index in [4.69, 9.17) is 5.73 Å². The molecule has 0 unspecified atom stereocenters. The number of carboxylic acids is 1. The predicted octanol–water partition coefficient (Wildman–Crippen LogP) is -0.986. The first-order valence-electron chi connectivity index (χ1n) is 26.0. The summed E-state index contributed by atoms with van der Waals surface area (Å²) in [5.41, 5.74) is 8.79. The van der Waals surface area contributed by atoms with Crippen molar-refractivity contribution in [2.75, 3.05) is 11.5 Å². The summed E-state index contributed by atoms with van der Waals surface area (Å²) in [4.78, 5) is 138. The van der Waals surface area contributed by atoms with Gasteiger partial charge >= 0.3 is 5.97 Å². The lowest BCUT2D eigenvalue weighted by atomic mass is 9.99. The zero-order chi connectivity index (χ0) is 59.0. The van der Waals surface area contributed by atoms with E-state index in [0.29, 0.717) is 38.6 Å². The molecule has 27 heteroatoms. The number of aromatic amines is 3. The number of aliphatic carboxylic acids is 1. The van der Waals surface area contributed by atoms with Crippen molar-refractivity contribution in [2.24, 2.45) is 17.6 Å². The lowest BCUT2D eigenvalue weighted by molar-refractivity contribution is -0.142. The summed E-state index contributed by atoms with van der Waals surface area (Å²) in [6.07, 6.45) is 2.67. The van der Waals surface area contributed by atoms with Gasteiger partial charge in [-0.1, -0.05) is 64.1 Å². The summed E-state index contributed by atoms with van der Waals surface area (Å²) >= 11 is 7.99. The minimum atomic E-state index is -1.66. The van der Waals surface area contributed by atoms with Crippen LogP contribution in [0.5, 0.6) is 0 Å². The number of carboxylic acid groups (broad SMARTS) is 1. The second-order valence-electron chi connectivity index (χ2n) is 20.3. The van der Waals surface area contributed by atoms with Gasteiger partial charge in [-0.25, -0.2) is 9.78 Å². The zero-order valence-corrected chi connectivity index (χ0v) is 46.9. The monoisotopic (exact) mass is 1150 g/mol. The van der Waals surface area contributed by atoms with E-state index in [9.17, 15) is 53.7 Å². The predicted molar refractivity (Wildman–Crippen MR) is 303 cm³/mol. The lowest BCUT2D eigenvalue weighted by Gasteiger charge is -2.29. The van der Waals surface area contributed by atoms with Gasteiger partial charge in [0, 0.05) is 76.9 Å². The Morgan fingerprint density at radius 2 is 0.938 bits per heavy atom. The Morgan fingerprint density at radius 1 is 0.525 bits per heavy atom. The fourth-order valence-electron chi connectivity index (χ4n) is 8.70. The van der Waals surface area contributed by atoms with E-state index in [-0.39, 0.29) is 43.1 Å². The number of aromatic nitrogens is 4. The number of nitrogens with zero attached hydrogens (tertiary/aromatic N) is 1. The second kappa shape index (κ2) is 29.7. The number of carbonyl (C=O) groups is 9. The number of benzene rings is 2. The Labute approximate surface area is 472 Å². The Hall–Kier alpha value is -7.46. The van der Waals surface area contributed by atoms with Gasteiger partial charge in [0.05, 0.1) is 24.6 Å². The standard InChI is InChI=1S/C53H73N13O12S2/c1-25(2)15-37(62-51(75)43(27(5)67)65-45(69)34(54)22-79)46(70)61-40(18-31-21-55-24-58-31)48(72)59-38(16-29-19-56-35-13-9-7-11-32(29)35)47(71)60-39(17-30-20-57-36-14-10-8-12-33(30)36)49(73)64-42(26(3)4)50(74)66-44(28(6)68)52(76)63-41(23-80)53(77)78/h7-14,19-21,24-28,34,37-44,56-57,67-68,79-80H,15-18,22-23,54H2,1-6H3,(H,55,58)(H,59,72)(H,60,71)(H,61,70)(H,62,75)(H,63,76)(H,64,73)(H,65,69)(H,66,74)(H,77,78)/t27-,28-,34+,37+,38+,39+,40+,41+,42+,43+,44+/m1/s1. The molecule has 0 bridgehead atoms. The van der Waals surface area contributed by atoms with Gasteiger partial charge in [0.25, 0.3) is 0 Å². The van der Waals surface area contributed by atoms with Gasteiger partial charge in [-0.05, 0) is 55.4 Å². The second-order valence-corrected chi connectivity index (χ2v) is 21.1. The molecule has 0 saturated carbocycles. The Balaban J connectivity index is 1.49. The van der Waals surface area contributed by atoms with E-state index in [1.165, 1.54) is 26.4 Å². The highest BCUT2D eigenvalue weighted by atomic mass is 32.1. The molecule has 16 N–H and O–H groups in total. The van der Waals surface area contributed by atoms with Crippen LogP contribution in [0, 0.1) is 11.8 Å². The summed E-state index contributed by atoms with van der Waals surface area (Å²) < 4.78 is 0. The highest BCUT2D eigenvalue weighted by Gasteiger charge is 2.38. The van der Waals surface area contributed by atoms with Crippen molar-refractivity contribution in [3.05, 3.63) is 90.3 Å². The molecule has 0 fully saturated rings. The first-order chi connectivity index (χ1) is 37.9. The fraction of sp³-hybridized carbons (Fsp3) is 0.472. The van der Waals surface area contributed by atoms with Crippen molar-refractivity contribution in [3.63, 3.8) is 0 Å². The van der Waals surface area contributed by atoms with Gasteiger partial charge in [0.15, 0.2) is 0 Å². The maximum Gasteiger partial charge on any atom is 0.327 e. The van der Waals surface area contributed by atoms with E-state index in [2.05, 4.69) is 87.7 Å². The number of carbonyl (C=O) groups excluding carboxylic acids is 8. The topological polar surface area (TPSA) is 397 Å². The maximum absolute atomic E-state index is 15.1. The van der Waals surface area contributed by atoms with Crippen LogP contribution in [0.25, 0.3) is 21.8 Å². The number of thiol groups is 2. The average Bonchev–Trinajstić information content (AvgIpc) is 4.20. The first kappa shape index (κ1) is 63.4. The number of nitrogens with two attached hydrogens (primary N) is 1. The van der Waals surface area contributed by atoms with Crippen molar-refractivity contribution < 1.29 is 58.5 Å². The molecular weight excluding hydrogens is 1070 g/mol. The molecule has 0 aliphatic carbocycles. The van der Waals surface area contributed by atoms with Crippen molar-refractivity contribution in [1.82, 2.24) is 62.5 Å². The Morgan fingerprint density at radius 3 is 1.36 bits per heavy atom. The minimum Gasteiger partial charge on any atom is -0.480 e. The van der Waals surface area contributed by atoms with Gasteiger partial charge in [-0.15, -0.1) is 0 Å². The average molecular weight is 1150 g/mol. The summed E-state index contributed by atoms with van der Waals surface area (Å²) in [7, 11) is 0. The number of amides is 8. The Kier molecular flexibility index (Phi) is 23.5. The number of aliphatic hydroxyl groups is 2. The third-order valence-electron chi connectivity index (χ3n) is 13.1. The van der Waals surface area contributed by atoms with Crippen LogP contribution in [0.2, 0.25) is 0 Å². The van der Waals surface area contributed by atoms with E-state index in [1.807, 2.05) is 30.3 Å². The smallest absolute Gasteiger partial charge is 0.327 e. The summed E-state index contributed by atoms with van der Waals surface area (Å²) in [6.45, 7) is 9.27. The normalized spacial score (nSPS) is 15.7. The van der Waals surface area contributed by atoms with Gasteiger partial charge in [0.2, 0.25) is 47.3 Å². The SMILES string of the molecule is CC(C)C[C@H](NC(=O)[C@@H](NC(=O)[C@@H](N)CS)[C@@H](C)O)C(=O)N[C@@H](Cc1cnc[nH]1)C(=O)N[C@@H](Cc1c[nH]c2ccccc12)C(=O)N[C@@H](Cc1c[nH]c2ccccc12)C(=O)N[C@H](C(=O)N[C@H](C(=O)N[C@@H](CS)C(=O)O)[C@@H](C)O)C(C)C. The fourth-order valence-corrected chi connectivity index (χ4v) is 9.11. The molecule has 8 amide bonds. The molecular formula is C53H73N13O12S2. The third-order valence-corrected chi connectivity index (χ3v) is 13.9. The molecule has 434 valence electrons. The van der Waals surface area contributed by atoms with Crippen molar-refractivity contribution >= 4 is 100 Å². The number of aliphatic hydroxyl groups excluding tert-OH is 2. The highest BCUT2D eigenvalue weighted by Crippen LogP contribution is 2.22. The number of hydrogen-bond donors (Lipinski definition) is 17. The van der Waals surface area contributed by atoms with Crippen LogP contribution in [0.15, 0.2) is 73.4 Å².